The van der Waals surface area contributed by atoms with Gasteiger partial charge < -0.3 is 11.1 Å². The minimum Gasteiger partial charge on any atom is -0.371 e. The van der Waals surface area contributed by atoms with Crippen molar-refractivity contribution in [1.82, 2.24) is 29.8 Å². The van der Waals surface area contributed by atoms with Crippen molar-refractivity contribution in [2.45, 2.75) is 18.3 Å². The summed E-state index contributed by atoms with van der Waals surface area (Å²) in [5.41, 5.74) is 6.49. The van der Waals surface area contributed by atoms with Crippen LogP contribution in [-0.4, -0.2) is 42.7 Å². The largest absolute Gasteiger partial charge is 0.371 e. The number of hydrogen-bond donors (Lipinski definition) is 2. The highest BCUT2D eigenvalue weighted by atomic mass is 19.1. The fraction of sp³-hybridized carbons (Fsp3) is 0.222. The topological polar surface area (TPSA) is 124 Å². The van der Waals surface area contributed by atoms with Crippen molar-refractivity contribution in [3.05, 3.63) is 42.1 Å². The number of pyridine rings is 2. The van der Waals surface area contributed by atoms with E-state index in [4.69, 9.17) is 5.73 Å². The summed E-state index contributed by atoms with van der Waals surface area (Å²) in [4.78, 5) is 20.6. The molecule has 28 heavy (non-hydrogen) atoms. The Morgan fingerprint density at radius 2 is 2.18 bits per heavy atom. The first kappa shape index (κ1) is 16.5. The third-order valence-electron chi connectivity index (χ3n) is 5.14. The van der Waals surface area contributed by atoms with Gasteiger partial charge in [-0.15, -0.1) is 10.2 Å². The van der Waals surface area contributed by atoms with E-state index in [0.717, 1.165) is 0 Å². The lowest BCUT2D eigenvalue weighted by molar-refractivity contribution is -0.120. The van der Waals surface area contributed by atoms with Gasteiger partial charge >= 0.3 is 0 Å². The summed E-state index contributed by atoms with van der Waals surface area (Å²) in [7, 11) is 1.72. The van der Waals surface area contributed by atoms with Gasteiger partial charge in [-0.1, -0.05) is 0 Å². The molecule has 4 aromatic heterocycles. The van der Waals surface area contributed by atoms with Crippen molar-refractivity contribution in [3.8, 4) is 11.4 Å². The number of halogens is 1. The Labute approximate surface area is 157 Å². The number of hydrogen-bond acceptors (Lipinski definition) is 7. The summed E-state index contributed by atoms with van der Waals surface area (Å²) in [6, 6.07) is 4.65. The van der Waals surface area contributed by atoms with Crippen LogP contribution in [0, 0.1) is 5.82 Å². The minimum atomic E-state index is -0.778. The number of aromatic nitrogens is 6. The molecule has 0 aliphatic heterocycles. The molecule has 0 bridgehead atoms. The minimum absolute atomic E-state index is 0.112. The zero-order chi connectivity index (χ0) is 19.5. The SMILES string of the molecule is CNc1ncc(-c2nc3c(F)cccn3n2)c2cc(C3(C(N)=O)CC3)nnc12. The van der Waals surface area contributed by atoms with Gasteiger partial charge in [-0.25, -0.2) is 18.9 Å². The van der Waals surface area contributed by atoms with E-state index in [0.29, 0.717) is 46.6 Å². The van der Waals surface area contributed by atoms with Gasteiger partial charge in [-0.3, -0.25) is 4.79 Å². The fourth-order valence-corrected chi connectivity index (χ4v) is 3.37. The highest BCUT2D eigenvalue weighted by Crippen LogP contribution is 2.47. The van der Waals surface area contributed by atoms with Crippen LogP contribution in [0.4, 0.5) is 10.2 Å². The van der Waals surface area contributed by atoms with E-state index in [1.165, 1.54) is 10.6 Å². The van der Waals surface area contributed by atoms with E-state index in [2.05, 4.69) is 30.6 Å². The second-order valence-corrected chi connectivity index (χ2v) is 6.77. The smallest absolute Gasteiger partial charge is 0.229 e. The quantitative estimate of drug-likeness (QED) is 0.550. The number of anilines is 1. The summed E-state index contributed by atoms with van der Waals surface area (Å²) in [5.74, 6) is -0.0696. The molecule has 4 aromatic rings. The van der Waals surface area contributed by atoms with Crippen molar-refractivity contribution in [2.24, 2.45) is 5.73 Å². The van der Waals surface area contributed by atoms with Gasteiger partial charge in [0, 0.05) is 30.4 Å². The number of amides is 1. The summed E-state index contributed by atoms with van der Waals surface area (Å²) < 4.78 is 15.4. The summed E-state index contributed by atoms with van der Waals surface area (Å²) in [6.45, 7) is 0. The third-order valence-corrected chi connectivity index (χ3v) is 5.14. The predicted octanol–water partition coefficient (Wildman–Crippen LogP) is 1.43. The molecule has 3 N–H and O–H groups in total. The molecule has 140 valence electrons. The average molecular weight is 378 g/mol. The molecule has 1 saturated carbocycles. The number of nitrogens with zero attached hydrogens (tertiary/aromatic N) is 6. The number of carbonyl (C=O) groups is 1. The molecular weight excluding hydrogens is 363 g/mol. The lowest BCUT2D eigenvalue weighted by Gasteiger charge is -2.12. The van der Waals surface area contributed by atoms with E-state index in [1.54, 1.807) is 31.6 Å². The maximum atomic E-state index is 14.0. The highest BCUT2D eigenvalue weighted by Gasteiger charge is 2.52. The molecular formula is C18H15FN8O. The number of carbonyl (C=O) groups excluding carboxylic acids is 1. The Morgan fingerprint density at radius 3 is 2.86 bits per heavy atom. The van der Waals surface area contributed by atoms with Crippen LogP contribution >= 0.6 is 0 Å². The molecule has 0 saturated heterocycles. The van der Waals surface area contributed by atoms with Crippen LogP contribution in [0.3, 0.4) is 0 Å². The zero-order valence-corrected chi connectivity index (χ0v) is 14.8. The summed E-state index contributed by atoms with van der Waals surface area (Å²) in [5, 5.41) is 16.5. The molecule has 0 radical (unpaired) electrons. The standard InChI is InChI=1S/C18H15FN8O/c1-21-15-13-9(7-12(24-25-13)18(4-5-18)17(20)28)10(8-22-15)14-23-16-11(19)3-2-6-27(16)26-14/h2-3,6-8H,4-5H2,1H3,(H2,20,28)(H,21,22). The molecule has 9 nitrogen and oxygen atoms in total. The Hall–Kier alpha value is -3.69. The van der Waals surface area contributed by atoms with Crippen LogP contribution in [-0.2, 0) is 10.2 Å². The molecule has 0 atom stereocenters. The molecule has 1 aliphatic carbocycles. The highest BCUT2D eigenvalue weighted by molar-refractivity contribution is 5.99. The lowest BCUT2D eigenvalue weighted by atomic mass is 9.99. The van der Waals surface area contributed by atoms with Crippen molar-refractivity contribution in [1.29, 1.82) is 0 Å². The summed E-state index contributed by atoms with van der Waals surface area (Å²) >= 11 is 0. The van der Waals surface area contributed by atoms with Gasteiger partial charge in [-0.05, 0) is 31.0 Å². The Bertz CT molecular complexity index is 1260. The molecule has 1 aliphatic rings. The third kappa shape index (κ3) is 2.24. The molecule has 0 unspecified atom stereocenters. The van der Waals surface area contributed by atoms with Crippen LogP contribution in [0.25, 0.3) is 27.9 Å². The molecule has 0 aromatic carbocycles. The molecule has 5 rings (SSSR count). The maximum Gasteiger partial charge on any atom is 0.229 e. The normalized spacial score (nSPS) is 15.1. The van der Waals surface area contributed by atoms with Gasteiger partial charge in [0.25, 0.3) is 0 Å². The predicted molar refractivity (Wildman–Crippen MR) is 98.9 cm³/mol. The molecule has 10 heteroatoms. The van der Waals surface area contributed by atoms with Gasteiger partial charge in [-0.2, -0.15) is 5.10 Å². The Balaban J connectivity index is 1.78. The molecule has 1 amide bonds. The van der Waals surface area contributed by atoms with Crippen molar-refractivity contribution < 1.29 is 9.18 Å². The van der Waals surface area contributed by atoms with E-state index in [-0.39, 0.29) is 5.65 Å². The number of primary amides is 1. The monoisotopic (exact) mass is 378 g/mol. The van der Waals surface area contributed by atoms with E-state index in [1.807, 2.05) is 0 Å². The number of fused-ring (bicyclic) bond motifs is 2. The Kier molecular flexibility index (Phi) is 3.33. The van der Waals surface area contributed by atoms with Crippen LogP contribution in [0.1, 0.15) is 18.5 Å². The van der Waals surface area contributed by atoms with E-state index in [9.17, 15) is 9.18 Å². The lowest BCUT2D eigenvalue weighted by Crippen LogP contribution is -2.29. The zero-order valence-electron chi connectivity index (χ0n) is 14.8. The number of rotatable bonds is 4. The second-order valence-electron chi connectivity index (χ2n) is 6.77. The van der Waals surface area contributed by atoms with Crippen LogP contribution in [0.5, 0.6) is 0 Å². The van der Waals surface area contributed by atoms with Crippen LogP contribution in [0.15, 0.2) is 30.6 Å². The van der Waals surface area contributed by atoms with Gasteiger partial charge in [0.05, 0.1) is 11.1 Å². The maximum absolute atomic E-state index is 14.0. The van der Waals surface area contributed by atoms with Gasteiger partial charge in [0.15, 0.2) is 23.1 Å². The first-order chi connectivity index (χ1) is 13.5. The molecule has 1 fully saturated rings. The summed E-state index contributed by atoms with van der Waals surface area (Å²) in [6.07, 6.45) is 4.49. The number of nitrogens with two attached hydrogens (primary N) is 1. The van der Waals surface area contributed by atoms with Crippen molar-refractivity contribution >= 4 is 28.3 Å². The van der Waals surface area contributed by atoms with Crippen molar-refractivity contribution in [3.63, 3.8) is 0 Å². The Morgan fingerprint density at radius 1 is 1.36 bits per heavy atom. The average Bonchev–Trinajstić information content (AvgIpc) is 3.40. The van der Waals surface area contributed by atoms with E-state index >= 15 is 0 Å². The molecule has 4 heterocycles. The second kappa shape index (κ2) is 5.65. The van der Waals surface area contributed by atoms with E-state index < -0.39 is 17.1 Å². The molecule has 0 spiro atoms. The van der Waals surface area contributed by atoms with Crippen LogP contribution in [0.2, 0.25) is 0 Å². The van der Waals surface area contributed by atoms with Gasteiger partial charge in [0.2, 0.25) is 5.91 Å². The van der Waals surface area contributed by atoms with Crippen LogP contribution < -0.4 is 11.1 Å². The first-order valence-electron chi connectivity index (χ1n) is 8.69. The number of nitrogens with one attached hydrogen (secondary N) is 1. The fourth-order valence-electron chi connectivity index (χ4n) is 3.37. The van der Waals surface area contributed by atoms with Crippen molar-refractivity contribution in [2.75, 3.05) is 12.4 Å². The van der Waals surface area contributed by atoms with Gasteiger partial charge in [0.1, 0.15) is 5.52 Å². The first-order valence-corrected chi connectivity index (χ1v) is 8.69.